The standard InChI is InChI=1S/C84H55N5O.Pt/c1-7-25-59(26-8-1)63-49-64(60-27-9-2-10-28-60)52-67(51-63)75-40-24-41-76(68-53-65(61-29-11-3-12-30-61)50-66(54-68)62-31-13-4-14-32-62)84(75)87-58-86(80-43-21-22-44-81(80)87)71-37-23-38-73(55-71)90-74-45-46-78-77-39-19-20-42-79(77)89(82(78)57-74)83-56-72(47-48-85-83)88(69-33-15-5-16-34-69)70-35-17-6-18-36-70;/h1-54,56H;/q-2;. The van der Waals surface area contributed by atoms with Crippen LogP contribution in [0.4, 0.5) is 17.1 Å². The summed E-state index contributed by atoms with van der Waals surface area (Å²) in [6.07, 6.45) is 5.82. The van der Waals surface area contributed by atoms with E-state index in [4.69, 9.17) is 9.72 Å². The average molecular weight is 1350 g/mol. The number of pyridine rings is 1. The Bertz CT molecular complexity index is 4970. The van der Waals surface area contributed by atoms with Crippen LogP contribution in [-0.4, -0.2) is 14.1 Å². The monoisotopic (exact) mass is 1340 g/mol. The number of hydrogen-bond acceptors (Lipinski definition) is 3. The van der Waals surface area contributed by atoms with Gasteiger partial charge in [-0.1, -0.05) is 224 Å². The number of imidazole rings is 1. The molecule has 0 saturated carbocycles. The van der Waals surface area contributed by atoms with Gasteiger partial charge in [0.1, 0.15) is 5.82 Å². The predicted octanol–water partition coefficient (Wildman–Crippen LogP) is 21.1. The topological polar surface area (TPSA) is 39.1 Å². The summed E-state index contributed by atoms with van der Waals surface area (Å²) in [5.74, 6) is 1.83. The first kappa shape index (κ1) is 56.1. The molecule has 0 bridgehead atoms. The summed E-state index contributed by atoms with van der Waals surface area (Å²) >= 11 is 0. The summed E-state index contributed by atoms with van der Waals surface area (Å²) in [6, 6.07) is 123. The van der Waals surface area contributed by atoms with Crippen molar-refractivity contribution in [2.45, 2.75) is 0 Å². The SMILES string of the molecule is [Pt].[c-]1c(Oc2[c-]c3c(cc2)c2ccccc2n3-c2cc(N(c3ccccc3)c3ccccc3)ccn2)cccc1-n1[c-][n+](-c2c(-c3cc(-c4ccccc4)cc(-c4ccccc4)c3)cccc2-c2cc(-c3ccccc3)cc(-c3ccccc3)c2)c2ccccc21. The van der Waals surface area contributed by atoms with E-state index in [0.717, 1.165) is 134 Å². The Morgan fingerprint density at radius 3 is 1.36 bits per heavy atom. The van der Waals surface area contributed by atoms with Gasteiger partial charge in [0.25, 0.3) is 6.33 Å². The summed E-state index contributed by atoms with van der Waals surface area (Å²) in [5.41, 5.74) is 21.9. The van der Waals surface area contributed by atoms with Gasteiger partial charge in [-0.3, -0.25) is 4.57 Å². The molecule has 0 N–H and O–H groups in total. The smallest absolute Gasteiger partial charge is 0.268 e. The number of rotatable bonds is 14. The Morgan fingerprint density at radius 1 is 0.352 bits per heavy atom. The average Bonchev–Trinajstić information content (AvgIpc) is 1.83. The third kappa shape index (κ3) is 10.9. The molecule has 16 rings (SSSR count). The van der Waals surface area contributed by atoms with Crippen molar-refractivity contribution in [3.05, 3.63) is 352 Å². The van der Waals surface area contributed by atoms with Crippen LogP contribution in [0.5, 0.6) is 11.5 Å². The number of fused-ring (bicyclic) bond motifs is 4. The van der Waals surface area contributed by atoms with E-state index in [0.29, 0.717) is 11.5 Å². The van der Waals surface area contributed by atoms with Crippen LogP contribution >= 0.6 is 0 Å². The number of nitrogens with zero attached hydrogens (tertiary/aromatic N) is 5. The van der Waals surface area contributed by atoms with E-state index in [1.807, 2.05) is 36.5 Å². The predicted molar refractivity (Wildman–Crippen MR) is 367 cm³/mol. The molecule has 0 unspecified atom stereocenters. The molecule has 0 aliphatic heterocycles. The fourth-order valence-corrected chi connectivity index (χ4v) is 12.6. The van der Waals surface area contributed by atoms with Crippen LogP contribution < -0.4 is 14.2 Å². The molecule has 0 radical (unpaired) electrons. The number of aromatic nitrogens is 4. The molecule has 6 nitrogen and oxygen atoms in total. The third-order valence-electron chi connectivity index (χ3n) is 16.8. The van der Waals surface area contributed by atoms with Gasteiger partial charge < -0.3 is 18.8 Å². The first-order valence-electron chi connectivity index (χ1n) is 30.3. The minimum Gasteiger partial charge on any atom is -0.510 e. The Labute approximate surface area is 543 Å². The van der Waals surface area contributed by atoms with Gasteiger partial charge in [-0.05, 0) is 151 Å². The van der Waals surface area contributed by atoms with Gasteiger partial charge in [-0.15, -0.1) is 29.7 Å². The minimum absolute atomic E-state index is 0. The van der Waals surface area contributed by atoms with Gasteiger partial charge in [0.15, 0.2) is 0 Å². The molecule has 3 heterocycles. The molecule has 91 heavy (non-hydrogen) atoms. The maximum Gasteiger partial charge on any atom is 0.268 e. The van der Waals surface area contributed by atoms with Crippen LogP contribution in [0, 0.1) is 18.5 Å². The zero-order valence-electron chi connectivity index (χ0n) is 49.2. The maximum atomic E-state index is 6.87. The molecule has 7 heteroatoms. The molecule has 0 saturated heterocycles. The van der Waals surface area contributed by atoms with Crippen molar-refractivity contribution in [3.8, 4) is 95.5 Å². The zero-order valence-corrected chi connectivity index (χ0v) is 51.5. The largest absolute Gasteiger partial charge is 0.510 e. The summed E-state index contributed by atoms with van der Waals surface area (Å²) in [5, 5.41) is 2.13. The number of para-hydroxylation sites is 6. The van der Waals surface area contributed by atoms with E-state index in [1.165, 1.54) is 0 Å². The molecule has 0 amide bonds. The molecular formula is C84H55N5OPt-2. The minimum atomic E-state index is 0. The first-order chi connectivity index (χ1) is 44.6. The van der Waals surface area contributed by atoms with Crippen LogP contribution in [0.15, 0.2) is 334 Å². The van der Waals surface area contributed by atoms with Gasteiger partial charge >= 0.3 is 0 Å². The van der Waals surface area contributed by atoms with Crippen LogP contribution in [0.2, 0.25) is 0 Å². The van der Waals surface area contributed by atoms with E-state index in [-0.39, 0.29) is 21.1 Å². The van der Waals surface area contributed by atoms with Crippen LogP contribution in [0.25, 0.3) is 117 Å². The number of anilines is 3. The molecule has 0 aliphatic carbocycles. The molecule has 16 aromatic rings. The van der Waals surface area contributed by atoms with Gasteiger partial charge in [-0.2, -0.15) is 18.2 Å². The summed E-state index contributed by atoms with van der Waals surface area (Å²) in [4.78, 5) is 7.28. The van der Waals surface area contributed by atoms with Crippen LogP contribution in [-0.2, 0) is 21.1 Å². The van der Waals surface area contributed by atoms with Crippen molar-refractivity contribution in [2.24, 2.45) is 0 Å². The number of benzene rings is 13. The van der Waals surface area contributed by atoms with Crippen molar-refractivity contribution in [1.29, 1.82) is 0 Å². The fraction of sp³-hybridized carbons (Fsp3) is 0. The van der Waals surface area contributed by atoms with Crippen molar-refractivity contribution < 1.29 is 30.4 Å². The van der Waals surface area contributed by atoms with Gasteiger partial charge in [0.05, 0.1) is 22.4 Å². The molecule has 0 atom stereocenters. The Balaban J connectivity index is 0.00000689. The van der Waals surface area contributed by atoms with E-state index in [9.17, 15) is 0 Å². The Morgan fingerprint density at radius 2 is 0.813 bits per heavy atom. The first-order valence-corrected chi connectivity index (χ1v) is 30.3. The van der Waals surface area contributed by atoms with Gasteiger partial charge in [0, 0.05) is 61.7 Å². The van der Waals surface area contributed by atoms with E-state index in [1.54, 1.807) is 0 Å². The fourth-order valence-electron chi connectivity index (χ4n) is 12.6. The normalized spacial score (nSPS) is 11.2. The number of ether oxygens (including phenoxy) is 1. The molecule has 434 valence electrons. The second-order valence-corrected chi connectivity index (χ2v) is 22.3. The zero-order chi connectivity index (χ0) is 59.7. The van der Waals surface area contributed by atoms with E-state index < -0.39 is 0 Å². The van der Waals surface area contributed by atoms with Crippen LogP contribution in [0.3, 0.4) is 0 Å². The van der Waals surface area contributed by atoms with Gasteiger partial charge in [0.2, 0.25) is 0 Å². The second kappa shape index (κ2) is 24.6. The summed E-state index contributed by atoms with van der Waals surface area (Å²) in [6.45, 7) is 0. The van der Waals surface area contributed by atoms with Crippen LogP contribution in [0.1, 0.15) is 0 Å². The quantitative estimate of drug-likeness (QED) is 0.0805. The third-order valence-corrected chi connectivity index (χ3v) is 16.8. The van der Waals surface area contributed by atoms with Crippen molar-refractivity contribution in [1.82, 2.24) is 14.1 Å². The Kier molecular flexibility index (Phi) is 15.2. The molecule has 0 spiro atoms. The molecule has 0 fully saturated rings. The second-order valence-electron chi connectivity index (χ2n) is 22.3. The van der Waals surface area contributed by atoms with E-state index >= 15 is 0 Å². The molecule has 0 aliphatic rings. The van der Waals surface area contributed by atoms with Gasteiger partial charge in [-0.25, -0.2) is 4.98 Å². The van der Waals surface area contributed by atoms with Crippen molar-refractivity contribution >= 4 is 49.9 Å². The molecule has 13 aromatic carbocycles. The van der Waals surface area contributed by atoms with E-state index in [2.05, 4.69) is 334 Å². The number of hydrogen-bond donors (Lipinski definition) is 0. The summed E-state index contributed by atoms with van der Waals surface area (Å²) < 4.78 is 13.4. The molecular weight excluding hydrogens is 1290 g/mol. The van der Waals surface area contributed by atoms with Crippen molar-refractivity contribution in [3.63, 3.8) is 0 Å². The summed E-state index contributed by atoms with van der Waals surface area (Å²) in [7, 11) is 0. The van der Waals surface area contributed by atoms with Crippen molar-refractivity contribution in [2.75, 3.05) is 4.90 Å². The Hall–Kier alpha value is -11.4. The maximum absolute atomic E-state index is 6.87. The molecule has 3 aromatic heterocycles.